The lowest BCUT2D eigenvalue weighted by atomic mass is 10.3. The smallest absolute Gasteiger partial charge is 0.268 e. The van der Waals surface area contributed by atoms with Gasteiger partial charge in [0.05, 0.1) is 0 Å². The fraction of sp³-hybridized carbons (Fsp3) is 0.182. The largest absolute Gasteiger partial charge is 0.382 e. The van der Waals surface area contributed by atoms with Crippen molar-refractivity contribution in [1.29, 1.82) is 5.26 Å². The lowest BCUT2D eigenvalue weighted by Crippen LogP contribution is -2.16. The molecule has 1 amide bonds. The third-order valence-electron chi connectivity index (χ3n) is 1.66. The Labute approximate surface area is 94.0 Å². The summed E-state index contributed by atoms with van der Waals surface area (Å²) in [6, 6.07) is 6.99. The van der Waals surface area contributed by atoms with Gasteiger partial charge in [-0.2, -0.15) is 5.26 Å². The summed E-state index contributed by atoms with van der Waals surface area (Å²) < 4.78 is 0. The Balaban J connectivity index is 2.76. The number of nitrogens with zero attached hydrogens (tertiary/aromatic N) is 3. The molecule has 0 saturated carbocycles. The molecule has 0 aliphatic carbocycles. The van der Waals surface area contributed by atoms with E-state index in [1.54, 1.807) is 43.4 Å². The zero-order valence-corrected chi connectivity index (χ0v) is 9.14. The van der Waals surface area contributed by atoms with Gasteiger partial charge >= 0.3 is 0 Å². The summed E-state index contributed by atoms with van der Waals surface area (Å²) in [5, 5.41) is 11.3. The Kier molecular flexibility index (Phi) is 4.04. The lowest BCUT2D eigenvalue weighted by Gasteiger charge is -2.06. The van der Waals surface area contributed by atoms with Crippen molar-refractivity contribution in [2.45, 2.75) is 0 Å². The van der Waals surface area contributed by atoms with Crippen LogP contribution in [0, 0.1) is 11.3 Å². The number of hydrogen-bond acceptors (Lipinski definition) is 4. The molecule has 0 aromatic carbocycles. The second-order valence-electron chi connectivity index (χ2n) is 3.29. The average Bonchev–Trinajstić information content (AvgIpc) is 2.26. The van der Waals surface area contributed by atoms with E-state index in [9.17, 15) is 4.79 Å². The number of nitrogens with one attached hydrogen (secondary N) is 1. The van der Waals surface area contributed by atoms with E-state index in [1.807, 2.05) is 6.07 Å². The van der Waals surface area contributed by atoms with Crippen LogP contribution in [-0.4, -0.2) is 29.9 Å². The zero-order valence-electron chi connectivity index (χ0n) is 9.14. The third kappa shape index (κ3) is 3.42. The summed E-state index contributed by atoms with van der Waals surface area (Å²) >= 11 is 0. The Hall–Kier alpha value is -2.35. The lowest BCUT2D eigenvalue weighted by molar-refractivity contribution is -0.112. The highest BCUT2D eigenvalue weighted by atomic mass is 16.1. The van der Waals surface area contributed by atoms with Crippen LogP contribution in [0.4, 0.5) is 5.82 Å². The molecule has 0 bridgehead atoms. The van der Waals surface area contributed by atoms with E-state index < -0.39 is 5.91 Å². The molecule has 0 atom stereocenters. The molecule has 16 heavy (non-hydrogen) atoms. The van der Waals surface area contributed by atoms with Crippen molar-refractivity contribution >= 4 is 11.7 Å². The predicted molar refractivity (Wildman–Crippen MR) is 60.2 cm³/mol. The maximum absolute atomic E-state index is 11.6. The van der Waals surface area contributed by atoms with E-state index in [2.05, 4.69) is 10.3 Å². The molecule has 0 saturated heterocycles. The average molecular weight is 216 g/mol. The SMILES string of the molecule is CN(C)/C=C(/C#N)C(=O)Nc1ccccn1. The van der Waals surface area contributed by atoms with Crippen LogP contribution in [0.25, 0.3) is 0 Å². The molecule has 1 heterocycles. The predicted octanol–water partition coefficient (Wildman–Crippen LogP) is 0.989. The van der Waals surface area contributed by atoms with Gasteiger partial charge in [0.25, 0.3) is 5.91 Å². The third-order valence-corrected chi connectivity index (χ3v) is 1.66. The van der Waals surface area contributed by atoms with Crippen LogP contribution < -0.4 is 5.32 Å². The Morgan fingerprint density at radius 2 is 2.31 bits per heavy atom. The molecule has 1 aromatic heterocycles. The number of carbonyl (C=O) groups excluding carboxylic acids is 1. The van der Waals surface area contributed by atoms with E-state index >= 15 is 0 Å². The molecule has 0 unspecified atom stereocenters. The number of aromatic nitrogens is 1. The van der Waals surface area contributed by atoms with Crippen molar-refractivity contribution in [2.75, 3.05) is 19.4 Å². The molecule has 82 valence electrons. The first-order valence-corrected chi connectivity index (χ1v) is 4.64. The summed E-state index contributed by atoms with van der Waals surface area (Å²) in [4.78, 5) is 17.2. The van der Waals surface area contributed by atoms with Gasteiger partial charge in [-0.15, -0.1) is 0 Å². The summed E-state index contributed by atoms with van der Waals surface area (Å²) in [5.41, 5.74) is 0.0376. The first-order valence-electron chi connectivity index (χ1n) is 4.64. The second kappa shape index (κ2) is 5.51. The molecule has 1 N–H and O–H groups in total. The Bertz CT molecular complexity index is 431. The first-order chi connectivity index (χ1) is 7.63. The minimum absolute atomic E-state index is 0.0376. The van der Waals surface area contributed by atoms with Crippen molar-refractivity contribution < 1.29 is 4.79 Å². The first kappa shape index (κ1) is 11.7. The minimum atomic E-state index is -0.463. The molecule has 0 radical (unpaired) electrons. The van der Waals surface area contributed by atoms with E-state index in [-0.39, 0.29) is 5.57 Å². The van der Waals surface area contributed by atoms with E-state index in [1.165, 1.54) is 6.20 Å². The number of hydrogen-bond donors (Lipinski definition) is 1. The number of nitriles is 1. The van der Waals surface area contributed by atoms with Crippen LogP contribution >= 0.6 is 0 Å². The highest BCUT2D eigenvalue weighted by Gasteiger charge is 2.09. The van der Waals surface area contributed by atoms with Crippen molar-refractivity contribution in [3.8, 4) is 6.07 Å². The van der Waals surface area contributed by atoms with Gasteiger partial charge in [-0.1, -0.05) is 6.07 Å². The number of rotatable bonds is 3. The van der Waals surface area contributed by atoms with Crippen molar-refractivity contribution in [2.24, 2.45) is 0 Å². The van der Waals surface area contributed by atoms with Crippen molar-refractivity contribution in [1.82, 2.24) is 9.88 Å². The molecular formula is C11H12N4O. The standard InChI is InChI=1S/C11H12N4O/c1-15(2)8-9(7-12)11(16)14-10-5-3-4-6-13-10/h3-6,8H,1-2H3,(H,13,14,16)/b9-8-. The maximum atomic E-state index is 11.6. The maximum Gasteiger partial charge on any atom is 0.268 e. The molecule has 5 nitrogen and oxygen atoms in total. The summed E-state index contributed by atoms with van der Waals surface area (Å²) in [7, 11) is 3.48. The van der Waals surface area contributed by atoms with E-state index in [4.69, 9.17) is 5.26 Å². The van der Waals surface area contributed by atoms with Gasteiger partial charge in [-0.25, -0.2) is 4.98 Å². The van der Waals surface area contributed by atoms with Gasteiger partial charge in [0.1, 0.15) is 17.5 Å². The van der Waals surface area contributed by atoms with Gasteiger partial charge < -0.3 is 10.2 Å². The molecule has 5 heteroatoms. The molecule has 0 spiro atoms. The summed E-state index contributed by atoms with van der Waals surface area (Å²) in [5.74, 6) is -0.0395. The van der Waals surface area contributed by atoms with Crippen LogP contribution in [0.2, 0.25) is 0 Å². The Morgan fingerprint density at radius 3 is 2.81 bits per heavy atom. The molecule has 0 fully saturated rings. The fourth-order valence-electron chi connectivity index (χ4n) is 1.02. The fourth-order valence-corrected chi connectivity index (χ4v) is 1.02. The van der Waals surface area contributed by atoms with Gasteiger partial charge in [-0.05, 0) is 12.1 Å². The van der Waals surface area contributed by atoms with E-state index in [0.717, 1.165) is 0 Å². The monoisotopic (exact) mass is 216 g/mol. The second-order valence-corrected chi connectivity index (χ2v) is 3.29. The summed E-state index contributed by atoms with van der Waals surface area (Å²) in [6.07, 6.45) is 3.02. The van der Waals surface area contributed by atoms with Gasteiger partial charge in [-0.3, -0.25) is 4.79 Å². The van der Waals surface area contributed by atoms with Crippen LogP contribution in [0.3, 0.4) is 0 Å². The van der Waals surface area contributed by atoms with Gasteiger partial charge in [0, 0.05) is 26.5 Å². The topological polar surface area (TPSA) is 69.0 Å². The number of amides is 1. The quantitative estimate of drug-likeness (QED) is 0.604. The number of anilines is 1. The van der Waals surface area contributed by atoms with E-state index in [0.29, 0.717) is 5.82 Å². The molecule has 0 aliphatic heterocycles. The van der Waals surface area contributed by atoms with Crippen LogP contribution in [-0.2, 0) is 4.79 Å². The molecule has 1 rings (SSSR count). The van der Waals surface area contributed by atoms with Crippen LogP contribution in [0.1, 0.15) is 0 Å². The van der Waals surface area contributed by atoms with Gasteiger partial charge in [0.2, 0.25) is 0 Å². The highest BCUT2D eigenvalue weighted by molar-refractivity contribution is 6.05. The number of carbonyl (C=O) groups is 1. The van der Waals surface area contributed by atoms with Crippen molar-refractivity contribution in [3.05, 3.63) is 36.2 Å². The molecule has 1 aromatic rings. The van der Waals surface area contributed by atoms with Crippen molar-refractivity contribution in [3.63, 3.8) is 0 Å². The zero-order chi connectivity index (χ0) is 12.0. The highest BCUT2D eigenvalue weighted by Crippen LogP contribution is 2.03. The van der Waals surface area contributed by atoms with Crippen LogP contribution in [0.15, 0.2) is 36.2 Å². The van der Waals surface area contributed by atoms with Gasteiger partial charge in [0.15, 0.2) is 0 Å². The Morgan fingerprint density at radius 1 is 1.56 bits per heavy atom. The minimum Gasteiger partial charge on any atom is -0.382 e. The normalized spacial score (nSPS) is 10.4. The van der Waals surface area contributed by atoms with Crippen LogP contribution in [0.5, 0.6) is 0 Å². The number of pyridine rings is 1. The molecule has 0 aliphatic rings. The molecular weight excluding hydrogens is 204 g/mol. The summed E-state index contributed by atoms with van der Waals surface area (Å²) in [6.45, 7) is 0.